The molecule has 1 fully saturated rings. The zero-order valence-corrected chi connectivity index (χ0v) is 11.8. The van der Waals surface area contributed by atoms with Crippen molar-refractivity contribution in [1.29, 1.82) is 0 Å². The fourth-order valence-electron chi connectivity index (χ4n) is 2.26. The van der Waals surface area contributed by atoms with Crippen LogP contribution in [0.1, 0.15) is 31.2 Å². The molecule has 1 aliphatic rings. The number of benzene rings is 1. The molecule has 2 rings (SSSR count). The van der Waals surface area contributed by atoms with Crippen LogP contribution in [-0.4, -0.2) is 25.2 Å². The lowest BCUT2D eigenvalue weighted by molar-refractivity contribution is -0.123. The predicted molar refractivity (Wildman–Crippen MR) is 76.4 cm³/mol. The van der Waals surface area contributed by atoms with Gasteiger partial charge in [0, 0.05) is 18.2 Å². The van der Waals surface area contributed by atoms with E-state index < -0.39 is 0 Å². The predicted octanol–water partition coefficient (Wildman–Crippen LogP) is 2.96. The number of aryl methyl sites for hydroxylation is 1. The maximum absolute atomic E-state index is 11.6. The van der Waals surface area contributed by atoms with E-state index in [1.807, 2.05) is 24.3 Å². The quantitative estimate of drug-likeness (QED) is 0.814. The third-order valence-corrected chi connectivity index (χ3v) is 3.57. The van der Waals surface area contributed by atoms with E-state index in [0.29, 0.717) is 13.0 Å². The van der Waals surface area contributed by atoms with Gasteiger partial charge in [-0.1, -0.05) is 23.7 Å². The SMILES string of the molecule is O=C(C[C@@H]1CCCO1)NCCCc1ccc(Cl)cc1. The van der Waals surface area contributed by atoms with Crippen molar-refractivity contribution in [2.45, 2.75) is 38.2 Å². The standard InChI is InChI=1S/C15H20ClNO2/c16-13-7-5-12(6-8-13)3-1-9-17-15(18)11-14-4-2-10-19-14/h5-8,14H,1-4,9-11H2,(H,17,18)/t14-/m0/s1. The minimum Gasteiger partial charge on any atom is -0.378 e. The summed E-state index contributed by atoms with van der Waals surface area (Å²) in [5, 5.41) is 3.70. The monoisotopic (exact) mass is 281 g/mol. The lowest BCUT2D eigenvalue weighted by Crippen LogP contribution is -2.28. The van der Waals surface area contributed by atoms with Gasteiger partial charge < -0.3 is 10.1 Å². The molecule has 0 spiro atoms. The van der Waals surface area contributed by atoms with Gasteiger partial charge in [-0.25, -0.2) is 0 Å². The molecule has 0 unspecified atom stereocenters. The van der Waals surface area contributed by atoms with E-state index in [-0.39, 0.29) is 12.0 Å². The summed E-state index contributed by atoms with van der Waals surface area (Å²) in [5.74, 6) is 0.100. The fourth-order valence-corrected chi connectivity index (χ4v) is 2.38. The van der Waals surface area contributed by atoms with Gasteiger partial charge in [0.2, 0.25) is 5.91 Å². The first-order valence-electron chi connectivity index (χ1n) is 6.87. The molecule has 1 aromatic rings. The van der Waals surface area contributed by atoms with Crippen molar-refractivity contribution in [2.24, 2.45) is 0 Å². The Balaban J connectivity index is 1.58. The molecule has 0 radical (unpaired) electrons. The number of amides is 1. The van der Waals surface area contributed by atoms with Gasteiger partial charge in [0.05, 0.1) is 12.5 Å². The van der Waals surface area contributed by atoms with Crippen molar-refractivity contribution < 1.29 is 9.53 Å². The van der Waals surface area contributed by atoms with Crippen molar-refractivity contribution in [1.82, 2.24) is 5.32 Å². The highest BCUT2D eigenvalue weighted by Gasteiger charge is 2.18. The Bertz CT molecular complexity index is 399. The van der Waals surface area contributed by atoms with Gasteiger partial charge in [0.15, 0.2) is 0 Å². The molecule has 1 amide bonds. The zero-order valence-electron chi connectivity index (χ0n) is 11.0. The average molecular weight is 282 g/mol. The Kier molecular flexibility index (Phi) is 5.67. The lowest BCUT2D eigenvalue weighted by Gasteiger charge is -2.09. The molecule has 19 heavy (non-hydrogen) atoms. The van der Waals surface area contributed by atoms with Gasteiger partial charge in [-0.2, -0.15) is 0 Å². The summed E-state index contributed by atoms with van der Waals surface area (Å²) < 4.78 is 5.44. The van der Waals surface area contributed by atoms with Crippen LogP contribution in [0.4, 0.5) is 0 Å². The first kappa shape index (κ1) is 14.4. The number of nitrogens with one attached hydrogen (secondary N) is 1. The second-order valence-electron chi connectivity index (χ2n) is 4.92. The van der Waals surface area contributed by atoms with E-state index in [0.717, 1.165) is 37.3 Å². The number of hydrogen-bond donors (Lipinski definition) is 1. The normalized spacial score (nSPS) is 18.5. The maximum Gasteiger partial charge on any atom is 0.222 e. The largest absolute Gasteiger partial charge is 0.378 e. The fraction of sp³-hybridized carbons (Fsp3) is 0.533. The molecule has 0 saturated carbocycles. The van der Waals surface area contributed by atoms with Crippen LogP contribution in [0.25, 0.3) is 0 Å². The van der Waals surface area contributed by atoms with Gasteiger partial charge >= 0.3 is 0 Å². The highest BCUT2D eigenvalue weighted by Crippen LogP contribution is 2.15. The van der Waals surface area contributed by atoms with Crippen LogP contribution in [0.15, 0.2) is 24.3 Å². The molecule has 1 atom stereocenters. The molecule has 1 aromatic carbocycles. The van der Waals surface area contributed by atoms with Gasteiger partial charge in [-0.3, -0.25) is 4.79 Å². The zero-order chi connectivity index (χ0) is 13.5. The summed E-state index contributed by atoms with van der Waals surface area (Å²) >= 11 is 5.83. The highest BCUT2D eigenvalue weighted by molar-refractivity contribution is 6.30. The van der Waals surface area contributed by atoms with Gasteiger partial charge in [-0.05, 0) is 43.4 Å². The van der Waals surface area contributed by atoms with Crippen molar-refractivity contribution in [3.63, 3.8) is 0 Å². The summed E-state index contributed by atoms with van der Waals surface area (Å²) in [4.78, 5) is 11.6. The number of hydrogen-bond acceptors (Lipinski definition) is 2. The van der Waals surface area contributed by atoms with E-state index >= 15 is 0 Å². The third kappa shape index (κ3) is 5.21. The second kappa shape index (κ2) is 7.51. The molecule has 1 N–H and O–H groups in total. The molecule has 3 nitrogen and oxygen atoms in total. The Morgan fingerprint density at radius 1 is 1.37 bits per heavy atom. The van der Waals surface area contributed by atoms with Crippen LogP contribution in [-0.2, 0) is 16.0 Å². The van der Waals surface area contributed by atoms with E-state index in [9.17, 15) is 4.79 Å². The molecular weight excluding hydrogens is 262 g/mol. The van der Waals surface area contributed by atoms with Crippen molar-refractivity contribution in [2.75, 3.05) is 13.2 Å². The number of ether oxygens (including phenoxy) is 1. The summed E-state index contributed by atoms with van der Waals surface area (Å²) in [6.07, 6.45) is 4.63. The molecule has 1 heterocycles. The van der Waals surface area contributed by atoms with E-state index in [1.54, 1.807) is 0 Å². The lowest BCUT2D eigenvalue weighted by atomic mass is 10.1. The van der Waals surface area contributed by atoms with E-state index in [2.05, 4.69) is 5.32 Å². The van der Waals surface area contributed by atoms with Crippen LogP contribution in [0.2, 0.25) is 5.02 Å². The second-order valence-corrected chi connectivity index (χ2v) is 5.36. The number of carbonyl (C=O) groups is 1. The number of carbonyl (C=O) groups excluding carboxylic acids is 1. The highest BCUT2D eigenvalue weighted by atomic mass is 35.5. The topological polar surface area (TPSA) is 38.3 Å². The summed E-state index contributed by atoms with van der Waals surface area (Å²) in [7, 11) is 0. The Labute approximate surface area is 119 Å². The maximum atomic E-state index is 11.6. The van der Waals surface area contributed by atoms with E-state index in [1.165, 1.54) is 5.56 Å². The Hall–Kier alpha value is -1.06. The van der Waals surface area contributed by atoms with E-state index in [4.69, 9.17) is 16.3 Å². The molecule has 104 valence electrons. The Morgan fingerprint density at radius 2 is 2.16 bits per heavy atom. The van der Waals surface area contributed by atoms with Gasteiger partial charge in [0.1, 0.15) is 0 Å². The molecule has 0 aliphatic carbocycles. The average Bonchev–Trinajstić information content (AvgIpc) is 2.89. The molecular formula is C15H20ClNO2. The smallest absolute Gasteiger partial charge is 0.222 e. The number of halogens is 1. The molecule has 1 saturated heterocycles. The minimum atomic E-state index is 0.100. The molecule has 0 aromatic heterocycles. The first-order valence-corrected chi connectivity index (χ1v) is 7.24. The minimum absolute atomic E-state index is 0.100. The summed E-state index contributed by atoms with van der Waals surface area (Å²) in [6.45, 7) is 1.52. The molecule has 0 bridgehead atoms. The van der Waals surface area contributed by atoms with Gasteiger partial charge in [0.25, 0.3) is 0 Å². The van der Waals surface area contributed by atoms with Crippen LogP contribution < -0.4 is 5.32 Å². The number of rotatable bonds is 6. The van der Waals surface area contributed by atoms with Gasteiger partial charge in [-0.15, -0.1) is 0 Å². The first-order chi connectivity index (χ1) is 9.24. The van der Waals surface area contributed by atoms with Crippen LogP contribution >= 0.6 is 11.6 Å². The van der Waals surface area contributed by atoms with Crippen LogP contribution in [0.5, 0.6) is 0 Å². The molecule has 4 heteroatoms. The summed E-state index contributed by atoms with van der Waals surface area (Å²) in [5.41, 5.74) is 1.25. The Morgan fingerprint density at radius 3 is 2.84 bits per heavy atom. The third-order valence-electron chi connectivity index (χ3n) is 3.31. The summed E-state index contributed by atoms with van der Waals surface area (Å²) in [6, 6.07) is 7.84. The van der Waals surface area contributed by atoms with Crippen LogP contribution in [0, 0.1) is 0 Å². The van der Waals surface area contributed by atoms with Crippen molar-refractivity contribution in [3.05, 3.63) is 34.9 Å². The van der Waals surface area contributed by atoms with Crippen LogP contribution in [0.3, 0.4) is 0 Å². The molecule has 1 aliphatic heterocycles. The van der Waals surface area contributed by atoms with Crippen molar-refractivity contribution in [3.8, 4) is 0 Å². The van der Waals surface area contributed by atoms with Crippen molar-refractivity contribution >= 4 is 17.5 Å².